The molecule has 0 aliphatic heterocycles. The van der Waals surface area contributed by atoms with E-state index in [2.05, 4.69) is 21.6 Å². The zero-order valence-corrected chi connectivity index (χ0v) is 10.1. The molecule has 0 saturated heterocycles. The SMILES string of the molecule is CCn1cnnc1CNc1ccc(N)c(C#N)c1. The van der Waals surface area contributed by atoms with Gasteiger partial charge in [-0.15, -0.1) is 10.2 Å². The van der Waals surface area contributed by atoms with E-state index < -0.39 is 0 Å². The summed E-state index contributed by atoms with van der Waals surface area (Å²) >= 11 is 0. The van der Waals surface area contributed by atoms with Crippen molar-refractivity contribution in [1.82, 2.24) is 14.8 Å². The average Bonchev–Trinajstić information content (AvgIpc) is 2.85. The first-order chi connectivity index (χ1) is 8.74. The summed E-state index contributed by atoms with van der Waals surface area (Å²) < 4.78 is 1.95. The Morgan fingerprint density at radius 2 is 2.33 bits per heavy atom. The molecule has 0 bridgehead atoms. The first-order valence-electron chi connectivity index (χ1n) is 5.64. The van der Waals surface area contributed by atoms with E-state index in [0.717, 1.165) is 18.1 Å². The maximum atomic E-state index is 8.89. The van der Waals surface area contributed by atoms with Gasteiger partial charge in [-0.2, -0.15) is 5.26 Å². The minimum absolute atomic E-state index is 0.469. The number of nitriles is 1. The number of hydrogen-bond donors (Lipinski definition) is 2. The molecule has 6 heteroatoms. The number of aromatic nitrogens is 3. The molecular weight excluding hydrogens is 228 g/mol. The number of nitrogens with two attached hydrogens (primary N) is 1. The van der Waals surface area contributed by atoms with Gasteiger partial charge in [0.05, 0.1) is 12.1 Å². The lowest BCUT2D eigenvalue weighted by atomic mass is 10.2. The van der Waals surface area contributed by atoms with Gasteiger partial charge in [0, 0.05) is 17.9 Å². The van der Waals surface area contributed by atoms with E-state index in [1.54, 1.807) is 18.5 Å². The molecule has 0 spiro atoms. The molecule has 0 unspecified atom stereocenters. The molecule has 0 radical (unpaired) electrons. The van der Waals surface area contributed by atoms with Crippen molar-refractivity contribution in [3.63, 3.8) is 0 Å². The van der Waals surface area contributed by atoms with Crippen molar-refractivity contribution in [2.45, 2.75) is 20.0 Å². The summed E-state index contributed by atoms with van der Waals surface area (Å²) in [4.78, 5) is 0. The number of benzene rings is 1. The Morgan fingerprint density at radius 3 is 3.06 bits per heavy atom. The molecule has 92 valence electrons. The van der Waals surface area contributed by atoms with Crippen molar-refractivity contribution in [2.24, 2.45) is 0 Å². The molecule has 0 saturated carbocycles. The van der Waals surface area contributed by atoms with Crippen LogP contribution in [0.1, 0.15) is 18.3 Å². The summed E-state index contributed by atoms with van der Waals surface area (Å²) in [5.41, 5.74) is 7.45. The summed E-state index contributed by atoms with van der Waals surface area (Å²) in [5, 5.41) is 20.0. The molecule has 0 aliphatic carbocycles. The third-order valence-corrected chi connectivity index (χ3v) is 2.66. The van der Waals surface area contributed by atoms with Gasteiger partial charge < -0.3 is 15.6 Å². The van der Waals surface area contributed by atoms with E-state index in [0.29, 0.717) is 17.8 Å². The zero-order valence-electron chi connectivity index (χ0n) is 10.1. The maximum Gasteiger partial charge on any atom is 0.152 e. The molecule has 18 heavy (non-hydrogen) atoms. The lowest BCUT2D eigenvalue weighted by Crippen LogP contribution is -2.07. The number of nitrogens with zero attached hydrogens (tertiary/aromatic N) is 4. The van der Waals surface area contributed by atoms with Gasteiger partial charge in [0.15, 0.2) is 5.82 Å². The van der Waals surface area contributed by atoms with E-state index >= 15 is 0 Å². The largest absolute Gasteiger partial charge is 0.398 e. The van der Waals surface area contributed by atoms with Crippen LogP contribution in [-0.4, -0.2) is 14.8 Å². The second kappa shape index (κ2) is 5.19. The molecule has 2 rings (SSSR count). The predicted molar refractivity (Wildman–Crippen MR) is 68.6 cm³/mol. The van der Waals surface area contributed by atoms with Crippen LogP contribution in [0.4, 0.5) is 11.4 Å². The number of rotatable bonds is 4. The summed E-state index contributed by atoms with van der Waals surface area (Å²) in [7, 11) is 0. The predicted octanol–water partition coefficient (Wildman–Crippen LogP) is 1.36. The molecule has 0 fully saturated rings. The van der Waals surface area contributed by atoms with Gasteiger partial charge in [-0.25, -0.2) is 0 Å². The highest BCUT2D eigenvalue weighted by atomic mass is 15.3. The molecule has 0 atom stereocenters. The Kier molecular flexibility index (Phi) is 3.44. The summed E-state index contributed by atoms with van der Waals surface area (Å²) in [6.07, 6.45) is 1.70. The number of hydrogen-bond acceptors (Lipinski definition) is 5. The van der Waals surface area contributed by atoms with E-state index in [1.807, 2.05) is 17.6 Å². The van der Waals surface area contributed by atoms with Gasteiger partial charge in [0.25, 0.3) is 0 Å². The van der Waals surface area contributed by atoms with E-state index in [-0.39, 0.29) is 0 Å². The topological polar surface area (TPSA) is 92.6 Å². The summed E-state index contributed by atoms with van der Waals surface area (Å²) in [5.74, 6) is 0.854. The standard InChI is InChI=1S/C12H14N6/c1-2-18-8-16-17-12(18)7-15-10-3-4-11(14)9(5-10)6-13/h3-5,8,15H,2,7,14H2,1H3. The molecule has 1 aromatic carbocycles. The van der Waals surface area contributed by atoms with Crippen LogP contribution >= 0.6 is 0 Å². The van der Waals surface area contributed by atoms with Crippen molar-refractivity contribution < 1.29 is 0 Å². The van der Waals surface area contributed by atoms with Gasteiger partial charge in [0.1, 0.15) is 12.4 Å². The summed E-state index contributed by atoms with van der Waals surface area (Å²) in [6, 6.07) is 7.33. The minimum atomic E-state index is 0.469. The second-order valence-corrected chi connectivity index (χ2v) is 3.80. The Balaban J connectivity index is 2.09. The molecule has 6 nitrogen and oxygen atoms in total. The zero-order chi connectivity index (χ0) is 13.0. The number of anilines is 2. The normalized spacial score (nSPS) is 10.0. The van der Waals surface area contributed by atoms with Gasteiger partial charge in [-0.05, 0) is 25.1 Å². The average molecular weight is 242 g/mol. The lowest BCUT2D eigenvalue weighted by molar-refractivity contribution is 0.708. The molecule has 1 heterocycles. The Hall–Kier alpha value is -2.55. The third-order valence-electron chi connectivity index (χ3n) is 2.66. The van der Waals surface area contributed by atoms with Gasteiger partial charge >= 0.3 is 0 Å². The van der Waals surface area contributed by atoms with Gasteiger partial charge in [-0.1, -0.05) is 0 Å². The highest BCUT2D eigenvalue weighted by Gasteiger charge is 2.04. The fourth-order valence-corrected chi connectivity index (χ4v) is 1.62. The second-order valence-electron chi connectivity index (χ2n) is 3.80. The molecule has 2 aromatic rings. The Labute approximate surface area is 105 Å². The number of nitrogen functional groups attached to an aromatic ring is 1. The van der Waals surface area contributed by atoms with Crippen LogP contribution in [0, 0.1) is 11.3 Å². The molecular formula is C12H14N6. The van der Waals surface area contributed by atoms with Crippen LogP contribution in [0.2, 0.25) is 0 Å². The quantitative estimate of drug-likeness (QED) is 0.790. The highest BCUT2D eigenvalue weighted by Crippen LogP contribution is 2.17. The highest BCUT2D eigenvalue weighted by molar-refractivity contribution is 5.61. The summed E-state index contributed by atoms with van der Waals surface area (Å²) in [6.45, 7) is 3.42. The van der Waals surface area contributed by atoms with Crippen molar-refractivity contribution in [3.8, 4) is 6.07 Å². The molecule has 3 N–H and O–H groups in total. The van der Waals surface area contributed by atoms with Gasteiger partial charge in [0.2, 0.25) is 0 Å². The van der Waals surface area contributed by atoms with Crippen molar-refractivity contribution >= 4 is 11.4 Å². The Morgan fingerprint density at radius 1 is 1.50 bits per heavy atom. The van der Waals surface area contributed by atoms with E-state index in [9.17, 15) is 0 Å². The first-order valence-corrected chi connectivity index (χ1v) is 5.64. The van der Waals surface area contributed by atoms with Crippen LogP contribution in [0.3, 0.4) is 0 Å². The fourth-order valence-electron chi connectivity index (χ4n) is 1.62. The Bertz CT molecular complexity index is 580. The van der Waals surface area contributed by atoms with Gasteiger partial charge in [-0.3, -0.25) is 0 Å². The smallest absolute Gasteiger partial charge is 0.152 e. The third kappa shape index (κ3) is 2.40. The molecule has 0 aliphatic rings. The maximum absolute atomic E-state index is 8.89. The molecule has 1 aromatic heterocycles. The lowest BCUT2D eigenvalue weighted by Gasteiger charge is -2.08. The van der Waals surface area contributed by atoms with Crippen molar-refractivity contribution in [1.29, 1.82) is 5.26 Å². The van der Waals surface area contributed by atoms with Crippen LogP contribution in [0.15, 0.2) is 24.5 Å². The van der Waals surface area contributed by atoms with E-state index in [1.165, 1.54) is 0 Å². The fraction of sp³-hybridized carbons (Fsp3) is 0.250. The van der Waals surface area contributed by atoms with Crippen molar-refractivity contribution in [2.75, 3.05) is 11.1 Å². The van der Waals surface area contributed by atoms with Crippen molar-refractivity contribution in [3.05, 3.63) is 35.9 Å². The van der Waals surface area contributed by atoms with Crippen LogP contribution in [0.25, 0.3) is 0 Å². The van der Waals surface area contributed by atoms with Crippen LogP contribution in [0.5, 0.6) is 0 Å². The van der Waals surface area contributed by atoms with Crippen LogP contribution < -0.4 is 11.1 Å². The van der Waals surface area contributed by atoms with E-state index in [4.69, 9.17) is 11.0 Å². The number of aryl methyl sites for hydroxylation is 1. The van der Waals surface area contributed by atoms with Crippen LogP contribution in [-0.2, 0) is 13.1 Å². The molecule has 0 amide bonds. The number of nitrogens with one attached hydrogen (secondary N) is 1. The monoisotopic (exact) mass is 242 g/mol. The minimum Gasteiger partial charge on any atom is -0.398 e. The first kappa shape index (κ1) is 11.9.